The quantitative estimate of drug-likeness (QED) is 0.586. The monoisotopic (exact) mass is 424 g/mol. The van der Waals surface area contributed by atoms with Crippen LogP contribution in [-0.2, 0) is 9.47 Å². The third kappa shape index (κ3) is 5.30. The lowest BCUT2D eigenvalue weighted by molar-refractivity contribution is 0.102. The van der Waals surface area contributed by atoms with Crippen LogP contribution in [0.25, 0.3) is 0 Å². The molecule has 0 saturated carbocycles. The smallest absolute Gasteiger partial charge is 0.411 e. The summed E-state index contributed by atoms with van der Waals surface area (Å²) in [7, 11) is 1.52. The lowest BCUT2D eigenvalue weighted by Crippen LogP contribution is -2.17. The van der Waals surface area contributed by atoms with Gasteiger partial charge in [0.15, 0.2) is 5.69 Å². The molecule has 0 spiro atoms. The minimum Gasteiger partial charge on any atom is -0.447 e. The van der Waals surface area contributed by atoms with E-state index in [0.717, 1.165) is 5.69 Å². The first-order chi connectivity index (χ1) is 12.4. The van der Waals surface area contributed by atoms with Gasteiger partial charge in [-0.15, -0.1) is 0 Å². The molecule has 0 unspecified atom stereocenters. The first kappa shape index (κ1) is 19.9. The summed E-state index contributed by atoms with van der Waals surface area (Å²) in [5.74, 6) is -0.157. The fraction of sp³-hybridized carbons (Fsp3) is 0.353. The Kier molecular flexibility index (Phi) is 7.16. The largest absolute Gasteiger partial charge is 0.447 e. The topological polar surface area (TPSA) is 105 Å². The maximum Gasteiger partial charge on any atom is 0.411 e. The SMILES string of the molecule is COCCOC(=O)Nc1cccc(NC(=O)c2n[nH]c(C(C)C)c2Br)c1. The Morgan fingerprint density at radius 3 is 2.54 bits per heavy atom. The van der Waals surface area contributed by atoms with Crippen LogP contribution in [0.4, 0.5) is 16.2 Å². The number of H-pyrrole nitrogens is 1. The third-order valence-electron chi connectivity index (χ3n) is 3.41. The van der Waals surface area contributed by atoms with Gasteiger partial charge in [-0.25, -0.2) is 4.79 Å². The summed E-state index contributed by atoms with van der Waals surface area (Å²) in [5.41, 5.74) is 2.13. The lowest BCUT2D eigenvalue weighted by atomic mass is 10.1. The molecule has 1 aromatic heterocycles. The first-order valence-electron chi connectivity index (χ1n) is 8.00. The zero-order valence-electron chi connectivity index (χ0n) is 14.8. The number of amides is 2. The van der Waals surface area contributed by atoms with Gasteiger partial charge in [-0.1, -0.05) is 19.9 Å². The van der Waals surface area contributed by atoms with E-state index in [1.54, 1.807) is 24.3 Å². The Balaban J connectivity index is 2.02. The molecule has 1 aromatic carbocycles. The Morgan fingerprint density at radius 1 is 1.23 bits per heavy atom. The maximum absolute atomic E-state index is 12.4. The highest BCUT2D eigenvalue weighted by molar-refractivity contribution is 9.10. The van der Waals surface area contributed by atoms with Gasteiger partial charge in [-0.05, 0) is 40.0 Å². The summed E-state index contributed by atoms with van der Waals surface area (Å²) in [6.45, 7) is 4.48. The molecular formula is C17H21BrN4O4. The molecule has 9 heteroatoms. The fourth-order valence-electron chi connectivity index (χ4n) is 2.11. The number of rotatable bonds is 7. The minimum absolute atomic E-state index is 0.157. The zero-order chi connectivity index (χ0) is 19.1. The van der Waals surface area contributed by atoms with Crippen molar-refractivity contribution >= 4 is 39.3 Å². The van der Waals surface area contributed by atoms with Crippen molar-refractivity contribution in [3.63, 3.8) is 0 Å². The number of carbonyl (C=O) groups excluding carboxylic acids is 2. The predicted octanol–water partition coefficient (Wildman–Crippen LogP) is 3.74. The number of benzene rings is 1. The number of ether oxygens (including phenoxy) is 2. The second kappa shape index (κ2) is 9.35. The number of aromatic nitrogens is 2. The van der Waals surface area contributed by atoms with Crippen molar-refractivity contribution in [2.45, 2.75) is 19.8 Å². The van der Waals surface area contributed by atoms with Crippen molar-refractivity contribution in [2.75, 3.05) is 31.0 Å². The second-order valence-electron chi connectivity index (χ2n) is 5.74. The average Bonchev–Trinajstić information content (AvgIpc) is 2.97. The molecule has 0 aliphatic heterocycles. The molecule has 0 fully saturated rings. The summed E-state index contributed by atoms with van der Waals surface area (Å²) in [4.78, 5) is 24.1. The summed E-state index contributed by atoms with van der Waals surface area (Å²) >= 11 is 3.40. The van der Waals surface area contributed by atoms with E-state index in [-0.39, 0.29) is 24.1 Å². The molecule has 1 heterocycles. The van der Waals surface area contributed by atoms with Crippen LogP contribution in [0.2, 0.25) is 0 Å². The molecule has 2 aromatic rings. The first-order valence-corrected chi connectivity index (χ1v) is 8.79. The van der Waals surface area contributed by atoms with Gasteiger partial charge < -0.3 is 14.8 Å². The standard InChI is InChI=1S/C17H21BrN4O4/c1-10(2)14-13(18)15(22-21-14)16(23)19-11-5-4-6-12(9-11)20-17(24)26-8-7-25-3/h4-6,9-10H,7-8H2,1-3H3,(H,19,23)(H,20,24)(H,21,22). The van der Waals surface area contributed by atoms with Crippen LogP contribution in [0.1, 0.15) is 35.9 Å². The average molecular weight is 425 g/mol. The van der Waals surface area contributed by atoms with Gasteiger partial charge in [-0.3, -0.25) is 15.2 Å². The van der Waals surface area contributed by atoms with E-state index in [9.17, 15) is 9.59 Å². The third-order valence-corrected chi connectivity index (χ3v) is 4.22. The molecule has 140 valence electrons. The number of nitrogens with one attached hydrogen (secondary N) is 3. The van der Waals surface area contributed by atoms with E-state index < -0.39 is 6.09 Å². The van der Waals surface area contributed by atoms with Gasteiger partial charge in [0.2, 0.25) is 0 Å². The summed E-state index contributed by atoms with van der Waals surface area (Å²) < 4.78 is 10.4. The molecule has 0 bridgehead atoms. The molecule has 0 aliphatic rings. The molecular weight excluding hydrogens is 404 g/mol. The Labute approximate surface area is 159 Å². The van der Waals surface area contributed by atoms with Gasteiger partial charge in [0.05, 0.1) is 16.8 Å². The van der Waals surface area contributed by atoms with Crippen molar-refractivity contribution in [3.8, 4) is 0 Å². The van der Waals surface area contributed by atoms with E-state index in [1.807, 2.05) is 13.8 Å². The Morgan fingerprint density at radius 2 is 1.92 bits per heavy atom. The van der Waals surface area contributed by atoms with Gasteiger partial charge in [0.25, 0.3) is 5.91 Å². The van der Waals surface area contributed by atoms with E-state index in [0.29, 0.717) is 22.5 Å². The van der Waals surface area contributed by atoms with Gasteiger partial charge >= 0.3 is 6.09 Å². The molecule has 2 amide bonds. The van der Waals surface area contributed by atoms with Crippen molar-refractivity contribution in [2.24, 2.45) is 0 Å². The highest BCUT2D eigenvalue weighted by Gasteiger charge is 2.19. The van der Waals surface area contributed by atoms with Crippen molar-refractivity contribution < 1.29 is 19.1 Å². The molecule has 26 heavy (non-hydrogen) atoms. The van der Waals surface area contributed by atoms with Crippen LogP contribution in [0, 0.1) is 0 Å². The van der Waals surface area contributed by atoms with Crippen LogP contribution >= 0.6 is 15.9 Å². The number of anilines is 2. The number of aromatic amines is 1. The van der Waals surface area contributed by atoms with Crippen molar-refractivity contribution in [1.29, 1.82) is 0 Å². The second-order valence-corrected chi connectivity index (χ2v) is 6.54. The number of methoxy groups -OCH3 is 1. The van der Waals surface area contributed by atoms with E-state index in [4.69, 9.17) is 9.47 Å². The van der Waals surface area contributed by atoms with Crippen LogP contribution in [0.3, 0.4) is 0 Å². The van der Waals surface area contributed by atoms with Crippen molar-refractivity contribution in [1.82, 2.24) is 10.2 Å². The molecule has 8 nitrogen and oxygen atoms in total. The van der Waals surface area contributed by atoms with E-state index >= 15 is 0 Å². The number of halogens is 1. The summed E-state index contributed by atoms with van der Waals surface area (Å²) in [6.07, 6.45) is -0.595. The Hall–Kier alpha value is -2.39. The molecule has 0 aliphatic carbocycles. The normalized spacial score (nSPS) is 10.7. The van der Waals surface area contributed by atoms with Crippen LogP contribution in [-0.4, -0.2) is 42.5 Å². The minimum atomic E-state index is -0.595. The predicted molar refractivity (Wildman–Crippen MR) is 102 cm³/mol. The number of nitrogens with zero attached hydrogens (tertiary/aromatic N) is 1. The molecule has 0 radical (unpaired) electrons. The van der Waals surface area contributed by atoms with Crippen LogP contribution in [0.15, 0.2) is 28.7 Å². The maximum atomic E-state index is 12.4. The van der Waals surface area contributed by atoms with Gasteiger partial charge in [-0.2, -0.15) is 5.10 Å². The van der Waals surface area contributed by atoms with Gasteiger partial charge in [0.1, 0.15) is 6.61 Å². The highest BCUT2D eigenvalue weighted by atomic mass is 79.9. The summed E-state index contributed by atoms with van der Waals surface area (Å²) in [6, 6.07) is 6.73. The highest BCUT2D eigenvalue weighted by Crippen LogP contribution is 2.26. The van der Waals surface area contributed by atoms with Crippen LogP contribution in [0.5, 0.6) is 0 Å². The molecule has 0 saturated heterocycles. The number of hydrogen-bond acceptors (Lipinski definition) is 5. The van der Waals surface area contributed by atoms with Crippen molar-refractivity contribution in [3.05, 3.63) is 40.1 Å². The zero-order valence-corrected chi connectivity index (χ0v) is 16.3. The number of carbonyl (C=O) groups is 2. The molecule has 2 rings (SSSR count). The Bertz CT molecular complexity index is 776. The fourth-order valence-corrected chi connectivity index (χ4v) is 2.93. The number of hydrogen-bond donors (Lipinski definition) is 3. The van der Waals surface area contributed by atoms with E-state index in [2.05, 4.69) is 36.8 Å². The van der Waals surface area contributed by atoms with Gasteiger partial charge in [0, 0.05) is 18.5 Å². The molecule has 0 atom stereocenters. The van der Waals surface area contributed by atoms with E-state index in [1.165, 1.54) is 7.11 Å². The van der Waals surface area contributed by atoms with Crippen LogP contribution < -0.4 is 10.6 Å². The summed E-state index contributed by atoms with van der Waals surface area (Å²) in [5, 5.41) is 12.3. The lowest BCUT2D eigenvalue weighted by Gasteiger charge is -2.09. The molecule has 3 N–H and O–H groups in total.